The van der Waals surface area contributed by atoms with E-state index in [1.165, 1.54) is 0 Å². The van der Waals surface area contributed by atoms with Gasteiger partial charge in [0.1, 0.15) is 5.56 Å². The Morgan fingerprint density at radius 1 is 1.17 bits per heavy atom. The Kier molecular flexibility index (Phi) is 5.81. The van der Waals surface area contributed by atoms with Gasteiger partial charge in [-0.25, -0.2) is 4.98 Å². The first kappa shape index (κ1) is 20.1. The Balaban J connectivity index is 1.52. The van der Waals surface area contributed by atoms with Crippen LogP contribution in [0.15, 0.2) is 65.3 Å². The standard InChI is InChI=1S/C23H20BrN3O3/c1-15-8-9-20-19(13-15)27(23(29)17-6-4-11-25-22(17)30-20)12-10-21(28)26-14-16-5-2-3-7-18(16)24/h2-9,11,13H,10,12,14H2,1H3,(H,26,28). The Labute approximate surface area is 183 Å². The summed E-state index contributed by atoms with van der Waals surface area (Å²) in [4.78, 5) is 31.5. The number of nitrogens with zero attached hydrogens (tertiary/aromatic N) is 2. The molecule has 152 valence electrons. The lowest BCUT2D eigenvalue weighted by atomic mass is 10.1. The van der Waals surface area contributed by atoms with Gasteiger partial charge in [-0.2, -0.15) is 0 Å². The molecular weight excluding hydrogens is 446 g/mol. The third-order valence-corrected chi connectivity index (χ3v) is 5.63. The predicted molar refractivity (Wildman–Crippen MR) is 118 cm³/mol. The zero-order valence-electron chi connectivity index (χ0n) is 16.4. The fourth-order valence-corrected chi connectivity index (χ4v) is 3.70. The highest BCUT2D eigenvalue weighted by molar-refractivity contribution is 9.10. The number of carbonyl (C=O) groups is 2. The van der Waals surface area contributed by atoms with Gasteiger partial charge in [-0.15, -0.1) is 0 Å². The van der Waals surface area contributed by atoms with E-state index in [1.54, 1.807) is 23.2 Å². The van der Waals surface area contributed by atoms with Gasteiger partial charge >= 0.3 is 0 Å². The molecule has 2 aromatic carbocycles. The van der Waals surface area contributed by atoms with Crippen molar-refractivity contribution in [3.8, 4) is 11.6 Å². The van der Waals surface area contributed by atoms with Crippen molar-refractivity contribution in [2.45, 2.75) is 19.9 Å². The number of pyridine rings is 1. The first-order valence-corrected chi connectivity index (χ1v) is 10.4. The molecule has 0 fully saturated rings. The number of hydrogen-bond donors (Lipinski definition) is 1. The fourth-order valence-electron chi connectivity index (χ4n) is 3.28. The van der Waals surface area contributed by atoms with E-state index in [1.807, 2.05) is 49.4 Å². The van der Waals surface area contributed by atoms with Crippen molar-refractivity contribution in [2.24, 2.45) is 0 Å². The summed E-state index contributed by atoms with van der Waals surface area (Å²) in [5.41, 5.74) is 3.00. The molecule has 0 bridgehead atoms. The molecule has 1 aromatic heterocycles. The summed E-state index contributed by atoms with van der Waals surface area (Å²) < 4.78 is 6.85. The minimum Gasteiger partial charge on any atom is -0.436 e. The van der Waals surface area contributed by atoms with Crippen molar-refractivity contribution in [1.29, 1.82) is 0 Å². The minimum atomic E-state index is -0.235. The molecule has 2 amide bonds. The first-order valence-electron chi connectivity index (χ1n) is 9.58. The van der Waals surface area contributed by atoms with Crippen LogP contribution in [0, 0.1) is 6.92 Å². The summed E-state index contributed by atoms with van der Waals surface area (Å²) >= 11 is 3.48. The molecule has 0 aliphatic carbocycles. The zero-order chi connectivity index (χ0) is 21.1. The molecule has 3 aromatic rings. The van der Waals surface area contributed by atoms with Crippen molar-refractivity contribution in [3.05, 3.63) is 82.0 Å². The van der Waals surface area contributed by atoms with Gasteiger partial charge in [0, 0.05) is 30.2 Å². The number of ether oxygens (including phenoxy) is 1. The smallest absolute Gasteiger partial charge is 0.263 e. The number of hydrogen-bond acceptors (Lipinski definition) is 4. The van der Waals surface area contributed by atoms with E-state index in [4.69, 9.17) is 4.74 Å². The fraction of sp³-hybridized carbons (Fsp3) is 0.174. The molecule has 30 heavy (non-hydrogen) atoms. The van der Waals surface area contributed by atoms with E-state index in [0.29, 0.717) is 23.5 Å². The van der Waals surface area contributed by atoms with Crippen LogP contribution in [0.25, 0.3) is 0 Å². The van der Waals surface area contributed by atoms with Crippen LogP contribution in [0.1, 0.15) is 27.9 Å². The van der Waals surface area contributed by atoms with E-state index < -0.39 is 0 Å². The number of benzene rings is 2. The normalized spacial score (nSPS) is 12.5. The number of nitrogens with one attached hydrogen (secondary N) is 1. The number of aromatic nitrogens is 1. The molecule has 1 aliphatic heterocycles. The highest BCUT2D eigenvalue weighted by Crippen LogP contribution is 2.38. The Hall–Kier alpha value is -3.19. The Morgan fingerprint density at radius 2 is 2.00 bits per heavy atom. The van der Waals surface area contributed by atoms with Gasteiger partial charge in [0.2, 0.25) is 11.8 Å². The lowest BCUT2D eigenvalue weighted by Gasteiger charge is -2.22. The second-order valence-electron chi connectivity index (χ2n) is 7.00. The molecule has 0 unspecified atom stereocenters. The maximum Gasteiger partial charge on any atom is 0.263 e. The van der Waals surface area contributed by atoms with Gasteiger partial charge in [-0.1, -0.05) is 40.2 Å². The molecule has 7 heteroatoms. The van der Waals surface area contributed by atoms with Crippen LogP contribution in [0.3, 0.4) is 0 Å². The third-order valence-electron chi connectivity index (χ3n) is 4.85. The average Bonchev–Trinajstić information content (AvgIpc) is 2.86. The van der Waals surface area contributed by atoms with E-state index in [0.717, 1.165) is 15.6 Å². The summed E-state index contributed by atoms with van der Waals surface area (Å²) in [6, 6.07) is 16.7. The molecule has 1 N–H and O–H groups in total. The largest absolute Gasteiger partial charge is 0.436 e. The monoisotopic (exact) mass is 465 g/mol. The van der Waals surface area contributed by atoms with E-state index in [9.17, 15) is 9.59 Å². The van der Waals surface area contributed by atoms with Crippen molar-refractivity contribution in [3.63, 3.8) is 0 Å². The highest BCUT2D eigenvalue weighted by Gasteiger charge is 2.29. The second-order valence-corrected chi connectivity index (χ2v) is 7.86. The number of halogens is 1. The lowest BCUT2D eigenvalue weighted by Crippen LogP contribution is -2.35. The SMILES string of the molecule is Cc1ccc2c(c1)N(CCC(=O)NCc1ccccc1Br)C(=O)c1cccnc1O2. The maximum absolute atomic E-state index is 13.2. The van der Waals surface area contributed by atoms with Crippen molar-refractivity contribution in [2.75, 3.05) is 11.4 Å². The molecule has 0 radical (unpaired) electrons. The molecule has 0 spiro atoms. The molecule has 6 nitrogen and oxygen atoms in total. The van der Waals surface area contributed by atoms with Gasteiger partial charge in [-0.3, -0.25) is 9.59 Å². The van der Waals surface area contributed by atoms with E-state index >= 15 is 0 Å². The number of fused-ring (bicyclic) bond motifs is 2. The van der Waals surface area contributed by atoms with Crippen LogP contribution in [0.5, 0.6) is 11.6 Å². The number of rotatable bonds is 5. The van der Waals surface area contributed by atoms with E-state index in [2.05, 4.69) is 26.2 Å². The Bertz CT molecular complexity index is 1120. The third kappa shape index (κ3) is 4.21. The summed E-state index contributed by atoms with van der Waals surface area (Å²) in [5.74, 6) is 0.443. The van der Waals surface area contributed by atoms with Gasteiger partial charge < -0.3 is 15.0 Å². The van der Waals surface area contributed by atoms with Gasteiger partial charge in [0.25, 0.3) is 5.91 Å². The van der Waals surface area contributed by atoms with E-state index in [-0.39, 0.29) is 30.7 Å². The summed E-state index contributed by atoms with van der Waals surface area (Å²) in [6.45, 7) is 2.60. The molecule has 0 atom stereocenters. The Morgan fingerprint density at radius 3 is 2.83 bits per heavy atom. The van der Waals surface area contributed by atoms with Gasteiger partial charge in [0.05, 0.1) is 5.69 Å². The zero-order valence-corrected chi connectivity index (χ0v) is 18.0. The summed E-state index contributed by atoms with van der Waals surface area (Å²) in [7, 11) is 0. The summed E-state index contributed by atoms with van der Waals surface area (Å²) in [6.07, 6.45) is 1.75. The van der Waals surface area contributed by atoms with Crippen LogP contribution in [-0.4, -0.2) is 23.3 Å². The van der Waals surface area contributed by atoms with Gasteiger partial charge in [0.15, 0.2) is 5.75 Å². The minimum absolute atomic E-state index is 0.135. The maximum atomic E-state index is 13.2. The van der Waals surface area contributed by atoms with Crippen molar-refractivity contribution in [1.82, 2.24) is 10.3 Å². The number of anilines is 1. The molecular formula is C23H20BrN3O3. The van der Waals surface area contributed by atoms with Crippen LogP contribution in [0.2, 0.25) is 0 Å². The topological polar surface area (TPSA) is 71.5 Å². The number of carbonyl (C=O) groups excluding carboxylic acids is 2. The molecule has 0 saturated carbocycles. The quantitative estimate of drug-likeness (QED) is 0.596. The first-order chi connectivity index (χ1) is 14.5. The molecule has 1 aliphatic rings. The summed E-state index contributed by atoms with van der Waals surface area (Å²) in [5, 5.41) is 2.91. The predicted octanol–water partition coefficient (Wildman–Crippen LogP) is 4.61. The van der Waals surface area contributed by atoms with Crippen LogP contribution in [0.4, 0.5) is 5.69 Å². The lowest BCUT2D eigenvalue weighted by molar-refractivity contribution is -0.121. The second kappa shape index (κ2) is 8.67. The van der Waals surface area contributed by atoms with Crippen LogP contribution in [-0.2, 0) is 11.3 Å². The van der Waals surface area contributed by atoms with Crippen LogP contribution < -0.4 is 15.0 Å². The number of aryl methyl sites for hydroxylation is 1. The van der Waals surface area contributed by atoms with Crippen molar-refractivity contribution < 1.29 is 14.3 Å². The average molecular weight is 466 g/mol. The molecule has 4 rings (SSSR count). The molecule has 2 heterocycles. The molecule has 0 saturated heterocycles. The number of amides is 2. The van der Waals surface area contributed by atoms with Crippen molar-refractivity contribution >= 4 is 33.4 Å². The van der Waals surface area contributed by atoms with Crippen LogP contribution >= 0.6 is 15.9 Å². The van der Waals surface area contributed by atoms with Gasteiger partial charge in [-0.05, 0) is 48.4 Å². The highest BCUT2D eigenvalue weighted by atomic mass is 79.9.